The summed E-state index contributed by atoms with van der Waals surface area (Å²) in [6, 6.07) is 1.67. The summed E-state index contributed by atoms with van der Waals surface area (Å²) in [6.07, 6.45) is 1.59. The van der Waals surface area contributed by atoms with E-state index in [0.717, 1.165) is 0 Å². The fourth-order valence-electron chi connectivity index (χ4n) is 0.954. The van der Waals surface area contributed by atoms with E-state index in [2.05, 4.69) is 10.4 Å². The first-order chi connectivity index (χ1) is 6.25. The molecule has 5 nitrogen and oxygen atoms in total. The van der Waals surface area contributed by atoms with Crippen molar-refractivity contribution in [2.75, 3.05) is 20.3 Å². The average Bonchev–Trinajstić information content (AvgIpc) is 2.52. The van der Waals surface area contributed by atoms with Crippen molar-refractivity contribution in [1.29, 1.82) is 0 Å². The van der Waals surface area contributed by atoms with Gasteiger partial charge in [-0.2, -0.15) is 5.10 Å². The third-order valence-corrected chi connectivity index (χ3v) is 1.65. The van der Waals surface area contributed by atoms with E-state index in [9.17, 15) is 4.79 Å². The molecule has 1 aromatic rings. The number of ether oxygens (including phenoxy) is 1. The van der Waals surface area contributed by atoms with Gasteiger partial charge in [-0.1, -0.05) is 0 Å². The van der Waals surface area contributed by atoms with E-state index < -0.39 is 0 Å². The molecular formula is C8H13N3O2. The molecular weight excluding hydrogens is 170 g/mol. The van der Waals surface area contributed by atoms with Crippen LogP contribution in [0.3, 0.4) is 0 Å². The average molecular weight is 183 g/mol. The van der Waals surface area contributed by atoms with Gasteiger partial charge in [-0.05, 0) is 6.07 Å². The molecule has 72 valence electrons. The first-order valence-corrected chi connectivity index (χ1v) is 4.01. The molecule has 0 atom stereocenters. The van der Waals surface area contributed by atoms with E-state index in [1.54, 1.807) is 26.4 Å². The quantitative estimate of drug-likeness (QED) is 0.657. The summed E-state index contributed by atoms with van der Waals surface area (Å²) < 4.78 is 6.33. The van der Waals surface area contributed by atoms with Gasteiger partial charge in [-0.15, -0.1) is 0 Å². The Hall–Kier alpha value is -1.36. The maximum Gasteiger partial charge on any atom is 0.269 e. The van der Waals surface area contributed by atoms with Crippen LogP contribution in [0.4, 0.5) is 0 Å². The van der Waals surface area contributed by atoms with Gasteiger partial charge >= 0.3 is 0 Å². The summed E-state index contributed by atoms with van der Waals surface area (Å²) in [5.41, 5.74) is 0.552. The lowest BCUT2D eigenvalue weighted by Crippen LogP contribution is -2.28. The van der Waals surface area contributed by atoms with Crippen molar-refractivity contribution in [3.8, 4) is 0 Å². The van der Waals surface area contributed by atoms with Crippen LogP contribution in [-0.2, 0) is 11.8 Å². The largest absolute Gasteiger partial charge is 0.383 e. The van der Waals surface area contributed by atoms with Crippen molar-refractivity contribution in [1.82, 2.24) is 15.1 Å². The Bertz CT molecular complexity index is 283. The normalized spacial score (nSPS) is 10.0. The molecule has 0 unspecified atom stereocenters. The third kappa shape index (κ3) is 2.55. The summed E-state index contributed by atoms with van der Waals surface area (Å²) in [6.45, 7) is 1.03. The molecule has 0 saturated heterocycles. The van der Waals surface area contributed by atoms with Crippen molar-refractivity contribution in [2.45, 2.75) is 0 Å². The first kappa shape index (κ1) is 9.73. The van der Waals surface area contributed by atoms with E-state index in [0.29, 0.717) is 18.8 Å². The van der Waals surface area contributed by atoms with Gasteiger partial charge in [0.1, 0.15) is 5.69 Å². The number of carbonyl (C=O) groups excluding carboxylic acids is 1. The Labute approximate surface area is 76.7 Å². The maximum atomic E-state index is 11.4. The molecule has 1 rings (SSSR count). The molecule has 0 aliphatic carbocycles. The van der Waals surface area contributed by atoms with Crippen molar-refractivity contribution >= 4 is 5.91 Å². The van der Waals surface area contributed by atoms with Crippen molar-refractivity contribution in [3.63, 3.8) is 0 Å². The molecule has 13 heavy (non-hydrogen) atoms. The summed E-state index contributed by atoms with van der Waals surface area (Å²) in [5.74, 6) is -0.128. The fraction of sp³-hybridized carbons (Fsp3) is 0.500. The summed E-state index contributed by atoms with van der Waals surface area (Å²) >= 11 is 0. The van der Waals surface area contributed by atoms with Crippen molar-refractivity contribution in [3.05, 3.63) is 18.0 Å². The standard InChI is InChI=1S/C8H13N3O2/c1-11-7(3-4-10-11)8(12)9-5-6-13-2/h3-4H,5-6H2,1-2H3,(H,9,12). The molecule has 5 heteroatoms. The Morgan fingerprint density at radius 1 is 1.77 bits per heavy atom. The Kier molecular flexibility index (Phi) is 3.45. The zero-order valence-corrected chi connectivity index (χ0v) is 7.78. The Morgan fingerprint density at radius 3 is 3.08 bits per heavy atom. The second-order valence-corrected chi connectivity index (χ2v) is 2.59. The second-order valence-electron chi connectivity index (χ2n) is 2.59. The predicted molar refractivity (Wildman–Crippen MR) is 47.4 cm³/mol. The van der Waals surface area contributed by atoms with E-state index in [1.165, 1.54) is 4.68 Å². The number of methoxy groups -OCH3 is 1. The second kappa shape index (κ2) is 4.61. The number of aryl methyl sites for hydroxylation is 1. The summed E-state index contributed by atoms with van der Waals surface area (Å²) in [4.78, 5) is 11.4. The van der Waals surface area contributed by atoms with E-state index in [4.69, 9.17) is 4.74 Å². The molecule has 0 spiro atoms. The van der Waals surface area contributed by atoms with Gasteiger partial charge in [0.2, 0.25) is 0 Å². The molecule has 1 aromatic heterocycles. The zero-order valence-electron chi connectivity index (χ0n) is 7.78. The van der Waals surface area contributed by atoms with Gasteiger partial charge < -0.3 is 10.1 Å². The van der Waals surface area contributed by atoms with Crippen LogP contribution < -0.4 is 5.32 Å². The first-order valence-electron chi connectivity index (χ1n) is 4.01. The van der Waals surface area contributed by atoms with Crippen LogP contribution >= 0.6 is 0 Å². The summed E-state index contributed by atoms with van der Waals surface area (Å²) in [7, 11) is 3.32. The molecule has 0 saturated carbocycles. The van der Waals surface area contributed by atoms with Gasteiger partial charge in [0, 0.05) is 26.9 Å². The molecule has 0 aromatic carbocycles. The van der Waals surface area contributed by atoms with Crippen molar-refractivity contribution < 1.29 is 9.53 Å². The molecule has 1 heterocycles. The number of nitrogens with one attached hydrogen (secondary N) is 1. The fourth-order valence-corrected chi connectivity index (χ4v) is 0.954. The highest BCUT2D eigenvalue weighted by Crippen LogP contribution is 1.94. The number of rotatable bonds is 4. The molecule has 1 N–H and O–H groups in total. The Balaban J connectivity index is 2.45. The van der Waals surface area contributed by atoms with Crippen LogP contribution in [0.15, 0.2) is 12.3 Å². The molecule has 0 fully saturated rings. The SMILES string of the molecule is COCCNC(=O)c1ccnn1C. The molecule has 0 radical (unpaired) electrons. The van der Waals surface area contributed by atoms with E-state index >= 15 is 0 Å². The number of hydrogen-bond acceptors (Lipinski definition) is 3. The maximum absolute atomic E-state index is 11.4. The minimum absolute atomic E-state index is 0.128. The van der Waals surface area contributed by atoms with Crippen LogP contribution in [0.2, 0.25) is 0 Å². The Morgan fingerprint density at radius 2 is 2.54 bits per heavy atom. The topological polar surface area (TPSA) is 56.1 Å². The lowest BCUT2D eigenvalue weighted by molar-refractivity contribution is 0.0927. The van der Waals surface area contributed by atoms with Gasteiger partial charge in [0.25, 0.3) is 5.91 Å². The number of aromatic nitrogens is 2. The third-order valence-electron chi connectivity index (χ3n) is 1.65. The number of amides is 1. The molecule has 0 bridgehead atoms. The van der Waals surface area contributed by atoms with Crippen LogP contribution in [0, 0.1) is 0 Å². The molecule has 1 amide bonds. The van der Waals surface area contributed by atoms with Crippen LogP contribution in [0.5, 0.6) is 0 Å². The minimum Gasteiger partial charge on any atom is -0.383 e. The predicted octanol–water partition coefficient (Wildman–Crippen LogP) is -0.204. The minimum atomic E-state index is -0.128. The summed E-state index contributed by atoms with van der Waals surface area (Å²) in [5, 5.41) is 6.59. The van der Waals surface area contributed by atoms with Crippen LogP contribution in [0.25, 0.3) is 0 Å². The van der Waals surface area contributed by atoms with Crippen molar-refractivity contribution in [2.24, 2.45) is 7.05 Å². The highest BCUT2D eigenvalue weighted by Gasteiger charge is 2.07. The van der Waals surface area contributed by atoms with E-state index in [-0.39, 0.29) is 5.91 Å². The highest BCUT2D eigenvalue weighted by molar-refractivity contribution is 5.92. The monoisotopic (exact) mass is 183 g/mol. The zero-order chi connectivity index (χ0) is 9.68. The number of nitrogens with zero attached hydrogens (tertiary/aromatic N) is 2. The highest BCUT2D eigenvalue weighted by atomic mass is 16.5. The van der Waals surface area contributed by atoms with Gasteiger partial charge in [-0.25, -0.2) is 0 Å². The van der Waals surface area contributed by atoms with Gasteiger partial charge in [-0.3, -0.25) is 9.48 Å². The number of hydrogen-bond donors (Lipinski definition) is 1. The van der Waals surface area contributed by atoms with E-state index in [1.807, 2.05) is 0 Å². The molecule has 0 aliphatic heterocycles. The smallest absolute Gasteiger partial charge is 0.269 e. The molecule has 0 aliphatic rings. The van der Waals surface area contributed by atoms with Crippen LogP contribution in [-0.4, -0.2) is 35.9 Å². The lowest BCUT2D eigenvalue weighted by atomic mass is 10.4. The van der Waals surface area contributed by atoms with Gasteiger partial charge in [0.15, 0.2) is 0 Å². The number of carbonyl (C=O) groups is 1. The van der Waals surface area contributed by atoms with Gasteiger partial charge in [0.05, 0.1) is 6.61 Å². The van der Waals surface area contributed by atoms with Crippen LogP contribution in [0.1, 0.15) is 10.5 Å². The lowest BCUT2D eigenvalue weighted by Gasteiger charge is -2.03.